The number of nitrogens with zero attached hydrogens (tertiary/aromatic N) is 2. The Kier molecular flexibility index (Phi) is 5.44. The van der Waals surface area contributed by atoms with Crippen LogP contribution in [0.5, 0.6) is 0 Å². The largest absolute Gasteiger partial charge is 0.334 e. The van der Waals surface area contributed by atoms with Gasteiger partial charge in [-0.05, 0) is 60.9 Å². The topological polar surface area (TPSA) is 98.8 Å². The summed E-state index contributed by atoms with van der Waals surface area (Å²) in [4.78, 5) is 55.2. The van der Waals surface area contributed by atoms with Crippen LogP contribution in [0.3, 0.4) is 0 Å². The van der Waals surface area contributed by atoms with E-state index in [-0.39, 0.29) is 18.4 Å². The average Bonchev–Trinajstić information content (AvgIpc) is 3.51. The normalized spacial score (nSPS) is 19.1. The van der Waals surface area contributed by atoms with E-state index in [4.69, 9.17) is 0 Å². The lowest BCUT2D eigenvalue weighted by Crippen LogP contribution is -2.44. The number of thiophene rings is 1. The Morgan fingerprint density at radius 2 is 1.97 bits per heavy atom. The van der Waals surface area contributed by atoms with E-state index in [1.165, 1.54) is 10.4 Å². The summed E-state index contributed by atoms with van der Waals surface area (Å²) in [5.41, 5.74) is 2.05. The minimum absolute atomic E-state index is 0.0716. The number of hydrogen-bond donors (Lipinski definition) is 2. The van der Waals surface area contributed by atoms with Crippen molar-refractivity contribution >= 4 is 40.8 Å². The molecular weight excluding hydrogens is 440 g/mol. The van der Waals surface area contributed by atoms with E-state index >= 15 is 0 Å². The molecule has 0 radical (unpaired) electrons. The van der Waals surface area contributed by atoms with Gasteiger partial charge in [0.25, 0.3) is 11.8 Å². The van der Waals surface area contributed by atoms with Crippen molar-refractivity contribution in [2.75, 3.05) is 18.4 Å². The second-order valence-electron chi connectivity index (χ2n) is 8.98. The van der Waals surface area contributed by atoms with E-state index < -0.39 is 17.5 Å². The Bertz CT molecular complexity index is 1150. The fourth-order valence-corrected chi connectivity index (χ4v) is 5.96. The predicted octanol–water partition coefficient (Wildman–Crippen LogP) is 3.06. The van der Waals surface area contributed by atoms with Crippen molar-refractivity contribution in [3.05, 3.63) is 51.2 Å². The maximum atomic E-state index is 13.2. The number of anilines is 1. The molecule has 0 atom stereocenters. The number of imide groups is 1. The lowest BCUT2D eigenvalue weighted by Gasteiger charge is -2.28. The molecule has 2 N–H and O–H groups in total. The van der Waals surface area contributed by atoms with Crippen molar-refractivity contribution in [3.8, 4) is 0 Å². The minimum atomic E-state index is -0.837. The molecule has 2 aromatic rings. The van der Waals surface area contributed by atoms with E-state index in [0.29, 0.717) is 42.7 Å². The fraction of sp³-hybridized carbons (Fsp3) is 0.417. The molecule has 2 aliphatic heterocycles. The molecule has 1 aromatic heterocycles. The molecule has 1 saturated heterocycles. The fourth-order valence-electron chi connectivity index (χ4n) is 5.07. The maximum Gasteiger partial charge on any atom is 0.325 e. The molecule has 8 nitrogen and oxygen atoms in total. The number of carbonyl (C=O) groups excluding carboxylic acids is 4. The van der Waals surface area contributed by atoms with E-state index in [1.54, 1.807) is 36.5 Å². The second kappa shape index (κ2) is 8.30. The van der Waals surface area contributed by atoms with Crippen LogP contribution < -0.4 is 10.6 Å². The van der Waals surface area contributed by atoms with Crippen LogP contribution in [0.15, 0.2) is 29.6 Å². The van der Waals surface area contributed by atoms with Crippen molar-refractivity contribution < 1.29 is 19.2 Å². The third-order valence-electron chi connectivity index (χ3n) is 6.94. The molecule has 33 heavy (non-hydrogen) atoms. The zero-order valence-corrected chi connectivity index (χ0v) is 19.3. The van der Waals surface area contributed by atoms with E-state index in [0.717, 1.165) is 24.2 Å². The summed E-state index contributed by atoms with van der Waals surface area (Å²) in [5.74, 6) is -0.862. The molecule has 5 amide bonds. The summed E-state index contributed by atoms with van der Waals surface area (Å²) in [5, 5.41) is 7.62. The molecular formula is C24H26N4O4S. The lowest BCUT2D eigenvalue weighted by atomic mass is 9.98. The number of hydrogen-bond acceptors (Lipinski definition) is 5. The summed E-state index contributed by atoms with van der Waals surface area (Å²) in [6.45, 7) is 2.69. The maximum absolute atomic E-state index is 13.2. The molecule has 172 valence electrons. The van der Waals surface area contributed by atoms with Gasteiger partial charge in [0.15, 0.2) is 0 Å². The van der Waals surface area contributed by atoms with Gasteiger partial charge >= 0.3 is 6.03 Å². The summed E-state index contributed by atoms with van der Waals surface area (Å²) >= 11 is 1.72. The highest BCUT2D eigenvalue weighted by molar-refractivity contribution is 7.10. The average molecular weight is 467 g/mol. The van der Waals surface area contributed by atoms with Gasteiger partial charge in [-0.1, -0.05) is 18.9 Å². The zero-order chi connectivity index (χ0) is 23.2. The third kappa shape index (κ3) is 3.80. The van der Waals surface area contributed by atoms with Crippen LogP contribution in [-0.4, -0.2) is 52.2 Å². The van der Waals surface area contributed by atoms with Crippen LogP contribution in [0.4, 0.5) is 10.5 Å². The highest BCUT2D eigenvalue weighted by Gasteiger charge is 2.52. The molecule has 1 saturated carbocycles. The van der Waals surface area contributed by atoms with E-state index in [2.05, 4.69) is 22.1 Å². The summed E-state index contributed by atoms with van der Waals surface area (Å²) < 4.78 is 0. The van der Waals surface area contributed by atoms with Gasteiger partial charge in [-0.15, -0.1) is 11.3 Å². The molecule has 5 rings (SSSR count). The van der Waals surface area contributed by atoms with Gasteiger partial charge in [0.2, 0.25) is 5.91 Å². The monoisotopic (exact) mass is 466 g/mol. The first kappa shape index (κ1) is 21.6. The first-order valence-corrected chi connectivity index (χ1v) is 12.1. The van der Waals surface area contributed by atoms with Crippen molar-refractivity contribution in [3.63, 3.8) is 0 Å². The Labute approximate surface area is 195 Å². The van der Waals surface area contributed by atoms with Crippen molar-refractivity contribution in [2.45, 2.75) is 51.1 Å². The Balaban J connectivity index is 1.27. The van der Waals surface area contributed by atoms with Crippen molar-refractivity contribution in [1.29, 1.82) is 0 Å². The second-order valence-corrected chi connectivity index (χ2v) is 9.98. The van der Waals surface area contributed by atoms with Gasteiger partial charge in [0, 0.05) is 29.2 Å². The first-order chi connectivity index (χ1) is 15.9. The molecule has 9 heteroatoms. The van der Waals surface area contributed by atoms with Crippen molar-refractivity contribution in [1.82, 2.24) is 15.1 Å². The molecule has 2 fully saturated rings. The first-order valence-electron chi connectivity index (χ1n) is 11.3. The van der Waals surface area contributed by atoms with Crippen LogP contribution in [0, 0.1) is 6.92 Å². The van der Waals surface area contributed by atoms with Crippen LogP contribution in [-0.2, 0) is 22.6 Å². The van der Waals surface area contributed by atoms with Crippen LogP contribution in [0.2, 0.25) is 0 Å². The SMILES string of the molecule is Cc1c(NC(=O)CN2C(=O)NC3(CCCC3)C2=O)cccc1C(=O)N1CCc2sccc2C1. The number of benzene rings is 1. The number of nitrogens with one attached hydrogen (secondary N) is 2. The van der Waals surface area contributed by atoms with E-state index in [9.17, 15) is 19.2 Å². The van der Waals surface area contributed by atoms with Crippen LogP contribution in [0.1, 0.15) is 52.0 Å². The highest BCUT2D eigenvalue weighted by atomic mass is 32.1. The van der Waals surface area contributed by atoms with Gasteiger partial charge < -0.3 is 15.5 Å². The number of carbonyl (C=O) groups is 4. The quantitative estimate of drug-likeness (QED) is 0.677. The van der Waals surface area contributed by atoms with Crippen LogP contribution >= 0.6 is 11.3 Å². The molecule has 0 bridgehead atoms. The number of rotatable bonds is 4. The summed E-state index contributed by atoms with van der Waals surface area (Å²) in [6.07, 6.45) is 3.85. The molecule has 1 aliphatic carbocycles. The van der Waals surface area contributed by atoms with Crippen molar-refractivity contribution in [2.24, 2.45) is 0 Å². The van der Waals surface area contributed by atoms with Crippen LogP contribution in [0.25, 0.3) is 0 Å². The molecule has 1 spiro atoms. The van der Waals surface area contributed by atoms with Gasteiger partial charge in [0.1, 0.15) is 12.1 Å². The van der Waals surface area contributed by atoms with Gasteiger partial charge in [0.05, 0.1) is 0 Å². The molecule has 3 aliphatic rings. The number of fused-ring (bicyclic) bond motifs is 1. The minimum Gasteiger partial charge on any atom is -0.334 e. The molecule has 3 heterocycles. The van der Waals surface area contributed by atoms with Gasteiger partial charge in [-0.25, -0.2) is 4.79 Å². The molecule has 1 aromatic carbocycles. The standard InChI is InChI=1S/C24H26N4O4S/c1-15-17(21(30)27-11-7-19-16(13-27)8-12-33-19)5-4-6-18(15)25-20(29)14-28-22(31)24(26-23(28)32)9-2-3-10-24/h4-6,8,12H,2-3,7,9-11,13-14H2,1H3,(H,25,29)(H,26,32). The van der Waals surface area contributed by atoms with Gasteiger partial charge in [-0.2, -0.15) is 0 Å². The Hall–Kier alpha value is -3.20. The summed E-state index contributed by atoms with van der Waals surface area (Å²) in [7, 11) is 0. The highest BCUT2D eigenvalue weighted by Crippen LogP contribution is 2.35. The number of urea groups is 1. The smallest absolute Gasteiger partial charge is 0.325 e. The lowest BCUT2D eigenvalue weighted by molar-refractivity contribution is -0.133. The van der Waals surface area contributed by atoms with E-state index in [1.807, 2.05) is 4.90 Å². The Morgan fingerprint density at radius 3 is 2.76 bits per heavy atom. The number of amides is 5. The zero-order valence-electron chi connectivity index (χ0n) is 18.5. The molecule has 0 unspecified atom stereocenters. The van der Waals surface area contributed by atoms with Gasteiger partial charge in [-0.3, -0.25) is 19.3 Å². The summed E-state index contributed by atoms with van der Waals surface area (Å²) in [6, 6.07) is 6.76. The Morgan fingerprint density at radius 1 is 1.18 bits per heavy atom. The third-order valence-corrected chi connectivity index (χ3v) is 7.96. The predicted molar refractivity (Wildman–Crippen MR) is 124 cm³/mol.